The van der Waals surface area contributed by atoms with Crippen LogP contribution in [0, 0.1) is 5.82 Å². The van der Waals surface area contributed by atoms with Gasteiger partial charge in [-0.15, -0.1) is 8.78 Å². The predicted molar refractivity (Wildman–Crippen MR) is 99.7 cm³/mol. The number of imidazole rings is 1. The Morgan fingerprint density at radius 1 is 1.11 bits per heavy atom. The van der Waals surface area contributed by atoms with Crippen molar-refractivity contribution in [3.05, 3.63) is 41.7 Å². The first-order valence-electron chi connectivity index (χ1n) is 8.93. The van der Waals surface area contributed by atoms with Crippen LogP contribution in [-0.4, -0.2) is 29.4 Å². The van der Waals surface area contributed by atoms with Gasteiger partial charge >= 0.3 is 6.29 Å². The van der Waals surface area contributed by atoms with Gasteiger partial charge in [0, 0.05) is 36.7 Å². The molecule has 146 valence electrons. The molecule has 0 aliphatic carbocycles. The van der Waals surface area contributed by atoms with Crippen LogP contribution >= 0.6 is 11.8 Å². The Kier molecular flexibility index (Phi) is 4.08. The quantitative estimate of drug-likeness (QED) is 0.623. The fourth-order valence-electron chi connectivity index (χ4n) is 3.58. The minimum Gasteiger partial charge on any atom is -0.395 e. The SMILES string of the molecule is Fc1ccc(N2CCCC2)c(CSc2nc3cc4c(cc3[nH]2)OC(F)(F)O4)c1. The van der Waals surface area contributed by atoms with Crippen LogP contribution < -0.4 is 14.4 Å². The maximum absolute atomic E-state index is 13.8. The predicted octanol–water partition coefficient (Wildman–Crippen LogP) is 4.92. The number of alkyl halides is 2. The molecular formula is C19H16F3N3O2S. The summed E-state index contributed by atoms with van der Waals surface area (Å²) >= 11 is 1.43. The molecule has 1 saturated heterocycles. The molecule has 3 aromatic rings. The van der Waals surface area contributed by atoms with E-state index in [9.17, 15) is 13.2 Å². The second kappa shape index (κ2) is 6.51. The first-order chi connectivity index (χ1) is 13.5. The molecule has 0 bridgehead atoms. The van der Waals surface area contributed by atoms with Gasteiger partial charge in [-0.05, 0) is 36.6 Å². The summed E-state index contributed by atoms with van der Waals surface area (Å²) in [5.74, 6) is 0.199. The van der Waals surface area contributed by atoms with E-state index < -0.39 is 6.29 Å². The van der Waals surface area contributed by atoms with Crippen molar-refractivity contribution in [2.45, 2.75) is 30.0 Å². The number of benzene rings is 2. The summed E-state index contributed by atoms with van der Waals surface area (Å²) in [4.78, 5) is 9.78. The van der Waals surface area contributed by atoms with Gasteiger partial charge in [0.15, 0.2) is 16.7 Å². The molecule has 0 atom stereocenters. The smallest absolute Gasteiger partial charge is 0.395 e. The van der Waals surface area contributed by atoms with E-state index in [1.807, 2.05) is 6.07 Å². The monoisotopic (exact) mass is 407 g/mol. The van der Waals surface area contributed by atoms with Gasteiger partial charge < -0.3 is 19.4 Å². The number of anilines is 1. The first kappa shape index (κ1) is 17.5. The Labute approximate surface area is 162 Å². The number of nitrogens with one attached hydrogen (secondary N) is 1. The van der Waals surface area contributed by atoms with Crippen LogP contribution in [0.2, 0.25) is 0 Å². The molecule has 2 aromatic carbocycles. The van der Waals surface area contributed by atoms with E-state index >= 15 is 0 Å². The second-order valence-electron chi connectivity index (χ2n) is 6.78. The molecule has 5 rings (SSSR count). The Morgan fingerprint density at radius 2 is 1.86 bits per heavy atom. The molecule has 0 saturated carbocycles. The molecule has 1 aromatic heterocycles. The van der Waals surface area contributed by atoms with Crippen LogP contribution in [0.25, 0.3) is 11.0 Å². The maximum atomic E-state index is 13.8. The lowest BCUT2D eigenvalue weighted by atomic mass is 10.2. The highest BCUT2D eigenvalue weighted by Crippen LogP contribution is 2.43. The van der Waals surface area contributed by atoms with Gasteiger partial charge in [-0.2, -0.15) is 0 Å². The lowest BCUT2D eigenvalue weighted by Crippen LogP contribution is -2.25. The van der Waals surface area contributed by atoms with E-state index in [2.05, 4.69) is 24.3 Å². The van der Waals surface area contributed by atoms with Gasteiger partial charge in [0.1, 0.15) is 5.82 Å². The lowest BCUT2D eigenvalue weighted by molar-refractivity contribution is -0.286. The van der Waals surface area contributed by atoms with Crippen molar-refractivity contribution in [2.24, 2.45) is 0 Å². The zero-order valence-electron chi connectivity index (χ0n) is 14.7. The van der Waals surface area contributed by atoms with Crippen LogP contribution in [0.3, 0.4) is 0 Å². The summed E-state index contributed by atoms with van der Waals surface area (Å²) in [7, 11) is 0. The minimum atomic E-state index is -3.65. The average molecular weight is 407 g/mol. The van der Waals surface area contributed by atoms with Gasteiger partial charge in [0.25, 0.3) is 0 Å². The molecule has 1 fully saturated rings. The number of fused-ring (bicyclic) bond motifs is 2. The van der Waals surface area contributed by atoms with E-state index in [0.717, 1.165) is 37.2 Å². The number of thioether (sulfide) groups is 1. The third-order valence-electron chi connectivity index (χ3n) is 4.84. The Balaban J connectivity index is 1.38. The third-order valence-corrected chi connectivity index (χ3v) is 5.76. The van der Waals surface area contributed by atoms with Crippen molar-refractivity contribution < 1.29 is 22.6 Å². The number of hydrogen-bond acceptors (Lipinski definition) is 5. The van der Waals surface area contributed by atoms with Gasteiger partial charge in [-0.25, -0.2) is 9.37 Å². The molecule has 0 amide bonds. The number of rotatable bonds is 4. The molecule has 3 heterocycles. The van der Waals surface area contributed by atoms with E-state index in [-0.39, 0.29) is 17.3 Å². The number of aromatic amines is 1. The fourth-order valence-corrected chi connectivity index (χ4v) is 4.45. The van der Waals surface area contributed by atoms with Crippen molar-refractivity contribution in [1.82, 2.24) is 9.97 Å². The number of halogens is 3. The molecule has 2 aliphatic heterocycles. The van der Waals surface area contributed by atoms with Gasteiger partial charge in [-0.1, -0.05) is 11.8 Å². The molecule has 0 radical (unpaired) electrons. The Bertz CT molecular complexity index is 1010. The van der Waals surface area contributed by atoms with Crippen LogP contribution in [0.1, 0.15) is 18.4 Å². The largest absolute Gasteiger partial charge is 0.586 e. The zero-order chi connectivity index (χ0) is 19.3. The number of hydrogen-bond donors (Lipinski definition) is 1. The van der Waals surface area contributed by atoms with Gasteiger partial charge in [0.05, 0.1) is 11.0 Å². The highest BCUT2D eigenvalue weighted by atomic mass is 32.2. The second-order valence-corrected chi connectivity index (χ2v) is 7.75. The average Bonchev–Trinajstić information content (AvgIpc) is 3.34. The normalized spacial score (nSPS) is 17.6. The summed E-state index contributed by atoms with van der Waals surface area (Å²) in [6.45, 7) is 1.95. The first-order valence-corrected chi connectivity index (χ1v) is 9.91. The van der Waals surface area contributed by atoms with Crippen LogP contribution in [0.5, 0.6) is 11.5 Å². The molecule has 9 heteroatoms. The van der Waals surface area contributed by atoms with Crippen molar-refractivity contribution >= 4 is 28.5 Å². The van der Waals surface area contributed by atoms with Gasteiger partial charge in [-0.3, -0.25) is 0 Å². The number of nitrogens with zero attached hydrogens (tertiary/aromatic N) is 2. The van der Waals surface area contributed by atoms with E-state index in [0.29, 0.717) is 21.9 Å². The highest BCUT2D eigenvalue weighted by molar-refractivity contribution is 7.98. The topological polar surface area (TPSA) is 50.4 Å². The molecule has 0 unspecified atom stereocenters. The summed E-state index contributed by atoms with van der Waals surface area (Å²) < 4.78 is 49.1. The summed E-state index contributed by atoms with van der Waals surface area (Å²) in [6.07, 6.45) is -1.37. The van der Waals surface area contributed by atoms with Crippen molar-refractivity contribution in [3.8, 4) is 11.5 Å². The Morgan fingerprint density at radius 3 is 2.64 bits per heavy atom. The van der Waals surface area contributed by atoms with E-state index in [4.69, 9.17) is 0 Å². The molecule has 28 heavy (non-hydrogen) atoms. The molecular weight excluding hydrogens is 391 g/mol. The van der Waals surface area contributed by atoms with Crippen LogP contribution in [-0.2, 0) is 5.75 Å². The van der Waals surface area contributed by atoms with Gasteiger partial charge in [0.2, 0.25) is 0 Å². The summed E-state index contributed by atoms with van der Waals surface area (Å²) in [5, 5.41) is 0.613. The van der Waals surface area contributed by atoms with Crippen molar-refractivity contribution in [2.75, 3.05) is 18.0 Å². The molecule has 2 aliphatic rings. The van der Waals surface area contributed by atoms with Crippen LogP contribution in [0.4, 0.5) is 18.9 Å². The van der Waals surface area contributed by atoms with E-state index in [1.54, 1.807) is 6.07 Å². The fraction of sp³-hybridized carbons (Fsp3) is 0.316. The lowest BCUT2D eigenvalue weighted by Gasteiger charge is -2.21. The molecule has 5 nitrogen and oxygen atoms in total. The number of aromatic nitrogens is 2. The highest BCUT2D eigenvalue weighted by Gasteiger charge is 2.43. The van der Waals surface area contributed by atoms with Crippen LogP contribution in [0.15, 0.2) is 35.5 Å². The summed E-state index contributed by atoms with van der Waals surface area (Å²) in [5.41, 5.74) is 3.02. The number of H-pyrrole nitrogens is 1. The zero-order valence-corrected chi connectivity index (χ0v) is 15.5. The van der Waals surface area contributed by atoms with Crippen molar-refractivity contribution in [3.63, 3.8) is 0 Å². The minimum absolute atomic E-state index is 0.0286. The standard InChI is InChI=1S/C19H16F3N3O2S/c20-12-3-4-15(25-5-1-2-6-25)11(7-12)10-28-18-23-13-8-16-17(9-14(13)24-18)27-19(21,22)26-16/h3-4,7-9H,1-2,5-6,10H2,(H,23,24). The summed E-state index contributed by atoms with van der Waals surface area (Å²) in [6, 6.07) is 7.74. The van der Waals surface area contributed by atoms with E-state index in [1.165, 1.54) is 30.0 Å². The maximum Gasteiger partial charge on any atom is 0.586 e. The molecule has 1 N–H and O–H groups in total. The molecule has 0 spiro atoms. The third kappa shape index (κ3) is 3.23. The number of ether oxygens (including phenoxy) is 2. The Hall–Kier alpha value is -2.55. The van der Waals surface area contributed by atoms with Crippen molar-refractivity contribution in [1.29, 1.82) is 0 Å².